The Bertz CT molecular complexity index is 460. The van der Waals surface area contributed by atoms with Gasteiger partial charge in [-0.2, -0.15) is 0 Å². The predicted molar refractivity (Wildman–Crippen MR) is 76.5 cm³/mol. The molecule has 1 amide bonds. The summed E-state index contributed by atoms with van der Waals surface area (Å²) in [6.07, 6.45) is 3.22. The highest BCUT2D eigenvalue weighted by Gasteiger charge is 2.29. The van der Waals surface area contributed by atoms with Crippen molar-refractivity contribution in [1.82, 2.24) is 4.90 Å². The summed E-state index contributed by atoms with van der Waals surface area (Å²) in [5.41, 5.74) is 0.619. The average molecular weight is 328 g/mol. The van der Waals surface area contributed by atoms with Crippen molar-refractivity contribution in [2.45, 2.75) is 25.3 Å². The van der Waals surface area contributed by atoms with E-state index < -0.39 is 0 Å². The SMILES string of the molecule is COc1ccc(C(=O)N(CCO)C2CCC2)cc1Br. The van der Waals surface area contributed by atoms with Crippen molar-refractivity contribution in [3.63, 3.8) is 0 Å². The highest BCUT2D eigenvalue weighted by atomic mass is 79.9. The van der Waals surface area contributed by atoms with Gasteiger partial charge in [0, 0.05) is 18.2 Å². The zero-order valence-electron chi connectivity index (χ0n) is 10.9. The molecule has 0 unspecified atom stereocenters. The van der Waals surface area contributed by atoms with Gasteiger partial charge in [0.2, 0.25) is 0 Å². The largest absolute Gasteiger partial charge is 0.496 e. The van der Waals surface area contributed by atoms with Crippen LogP contribution >= 0.6 is 15.9 Å². The summed E-state index contributed by atoms with van der Waals surface area (Å²) < 4.78 is 5.92. The molecular formula is C14H18BrNO3. The van der Waals surface area contributed by atoms with E-state index in [-0.39, 0.29) is 18.6 Å². The van der Waals surface area contributed by atoms with Gasteiger partial charge in [0.25, 0.3) is 5.91 Å². The summed E-state index contributed by atoms with van der Waals surface area (Å²) in [6, 6.07) is 5.58. The molecule has 0 aliphatic heterocycles. The van der Waals surface area contributed by atoms with Gasteiger partial charge < -0.3 is 14.7 Å². The molecule has 1 aromatic carbocycles. The lowest BCUT2D eigenvalue weighted by Gasteiger charge is -2.37. The van der Waals surface area contributed by atoms with Crippen molar-refractivity contribution in [2.24, 2.45) is 0 Å². The minimum Gasteiger partial charge on any atom is -0.496 e. The second-order valence-corrected chi connectivity index (χ2v) is 5.51. The van der Waals surface area contributed by atoms with E-state index in [9.17, 15) is 4.79 Å². The Hall–Kier alpha value is -1.07. The maximum Gasteiger partial charge on any atom is 0.254 e. The number of benzene rings is 1. The van der Waals surface area contributed by atoms with Gasteiger partial charge >= 0.3 is 0 Å². The van der Waals surface area contributed by atoms with Crippen LogP contribution in [0.4, 0.5) is 0 Å². The highest BCUT2D eigenvalue weighted by molar-refractivity contribution is 9.10. The number of carbonyl (C=O) groups excluding carboxylic acids is 1. The second-order valence-electron chi connectivity index (χ2n) is 4.66. The Morgan fingerprint density at radius 2 is 2.26 bits per heavy atom. The van der Waals surface area contributed by atoms with E-state index >= 15 is 0 Å². The third-order valence-electron chi connectivity index (χ3n) is 3.52. The van der Waals surface area contributed by atoms with E-state index in [1.807, 2.05) is 0 Å². The first kappa shape index (κ1) is 14.3. The molecule has 1 saturated carbocycles. The van der Waals surface area contributed by atoms with Crippen molar-refractivity contribution < 1.29 is 14.6 Å². The highest BCUT2D eigenvalue weighted by Crippen LogP contribution is 2.29. The van der Waals surface area contributed by atoms with Crippen LogP contribution in [0, 0.1) is 0 Å². The van der Waals surface area contributed by atoms with Gasteiger partial charge in [-0.3, -0.25) is 4.79 Å². The van der Waals surface area contributed by atoms with Gasteiger partial charge in [0.1, 0.15) is 5.75 Å². The molecule has 0 aromatic heterocycles. The minimum atomic E-state index is -0.0258. The number of aliphatic hydroxyl groups excluding tert-OH is 1. The summed E-state index contributed by atoms with van der Waals surface area (Å²) in [5.74, 6) is 0.677. The molecule has 0 atom stereocenters. The topological polar surface area (TPSA) is 49.8 Å². The van der Waals surface area contributed by atoms with E-state index in [0.29, 0.717) is 17.9 Å². The molecule has 1 aromatic rings. The van der Waals surface area contributed by atoms with Crippen LogP contribution in [0.5, 0.6) is 5.75 Å². The van der Waals surface area contributed by atoms with Crippen LogP contribution < -0.4 is 4.74 Å². The minimum absolute atomic E-state index is 0.000432. The number of aliphatic hydroxyl groups is 1. The first-order valence-electron chi connectivity index (χ1n) is 6.42. The molecule has 4 nitrogen and oxygen atoms in total. The monoisotopic (exact) mass is 327 g/mol. The molecule has 0 radical (unpaired) electrons. The number of rotatable bonds is 5. The number of methoxy groups -OCH3 is 1. The molecule has 1 aliphatic carbocycles. The van der Waals surface area contributed by atoms with Crippen LogP contribution in [0.1, 0.15) is 29.6 Å². The summed E-state index contributed by atoms with van der Waals surface area (Å²) in [5, 5.41) is 9.11. The lowest BCUT2D eigenvalue weighted by molar-refractivity contribution is 0.0525. The van der Waals surface area contributed by atoms with E-state index in [1.165, 1.54) is 0 Å². The number of nitrogens with zero attached hydrogens (tertiary/aromatic N) is 1. The Morgan fingerprint density at radius 3 is 2.74 bits per heavy atom. The smallest absolute Gasteiger partial charge is 0.254 e. The molecular weight excluding hydrogens is 310 g/mol. The molecule has 19 heavy (non-hydrogen) atoms. The van der Waals surface area contributed by atoms with Gasteiger partial charge in [-0.15, -0.1) is 0 Å². The van der Waals surface area contributed by atoms with Gasteiger partial charge in [0.15, 0.2) is 0 Å². The van der Waals surface area contributed by atoms with Crippen LogP contribution in [0.15, 0.2) is 22.7 Å². The number of ether oxygens (including phenoxy) is 1. The summed E-state index contributed by atoms with van der Waals surface area (Å²) in [4.78, 5) is 14.2. The number of hydrogen-bond donors (Lipinski definition) is 1. The van der Waals surface area contributed by atoms with E-state index in [0.717, 1.165) is 23.7 Å². The van der Waals surface area contributed by atoms with Crippen molar-refractivity contribution in [2.75, 3.05) is 20.3 Å². The Balaban J connectivity index is 2.18. The van der Waals surface area contributed by atoms with Crippen molar-refractivity contribution >= 4 is 21.8 Å². The van der Waals surface area contributed by atoms with Crippen LogP contribution in [-0.4, -0.2) is 42.2 Å². The standard InChI is InChI=1S/C14H18BrNO3/c1-19-13-6-5-10(9-12(13)15)14(18)16(7-8-17)11-3-2-4-11/h5-6,9,11,17H,2-4,7-8H2,1H3. The average Bonchev–Trinajstić information content (AvgIpc) is 2.35. The first-order valence-corrected chi connectivity index (χ1v) is 7.22. The molecule has 0 bridgehead atoms. The Morgan fingerprint density at radius 1 is 1.53 bits per heavy atom. The molecule has 5 heteroatoms. The number of halogens is 1. The van der Waals surface area contributed by atoms with E-state index in [2.05, 4.69) is 15.9 Å². The normalized spacial score (nSPS) is 14.9. The fourth-order valence-electron chi connectivity index (χ4n) is 2.22. The molecule has 1 N–H and O–H groups in total. The lowest BCUT2D eigenvalue weighted by Crippen LogP contribution is -2.45. The van der Waals surface area contributed by atoms with Gasteiger partial charge in [-0.05, 0) is 53.4 Å². The maximum atomic E-state index is 12.5. The summed E-state index contributed by atoms with van der Waals surface area (Å²) in [7, 11) is 1.59. The van der Waals surface area contributed by atoms with Crippen LogP contribution in [0.25, 0.3) is 0 Å². The third-order valence-corrected chi connectivity index (χ3v) is 4.14. The van der Waals surface area contributed by atoms with Crippen molar-refractivity contribution in [1.29, 1.82) is 0 Å². The fourth-order valence-corrected chi connectivity index (χ4v) is 2.76. The number of amides is 1. The van der Waals surface area contributed by atoms with E-state index in [1.54, 1.807) is 30.2 Å². The first-order chi connectivity index (χ1) is 9.17. The number of carbonyl (C=O) groups is 1. The predicted octanol–water partition coefficient (Wildman–Crippen LogP) is 2.44. The zero-order chi connectivity index (χ0) is 13.8. The second kappa shape index (κ2) is 6.39. The summed E-state index contributed by atoms with van der Waals surface area (Å²) in [6.45, 7) is 0.396. The number of hydrogen-bond acceptors (Lipinski definition) is 3. The Kier molecular flexibility index (Phi) is 4.82. The molecule has 0 saturated heterocycles. The van der Waals surface area contributed by atoms with Crippen molar-refractivity contribution in [3.8, 4) is 5.75 Å². The molecule has 0 heterocycles. The molecule has 0 spiro atoms. The molecule has 104 valence electrons. The maximum absolute atomic E-state index is 12.5. The Labute approximate surface area is 121 Å². The van der Waals surface area contributed by atoms with Crippen LogP contribution in [0.3, 0.4) is 0 Å². The third kappa shape index (κ3) is 3.09. The van der Waals surface area contributed by atoms with Crippen LogP contribution in [0.2, 0.25) is 0 Å². The van der Waals surface area contributed by atoms with Gasteiger partial charge in [0.05, 0.1) is 18.2 Å². The van der Waals surface area contributed by atoms with Gasteiger partial charge in [-0.25, -0.2) is 0 Å². The molecule has 1 fully saturated rings. The lowest BCUT2D eigenvalue weighted by atomic mass is 9.91. The molecule has 2 rings (SSSR count). The molecule has 1 aliphatic rings. The van der Waals surface area contributed by atoms with Crippen molar-refractivity contribution in [3.05, 3.63) is 28.2 Å². The zero-order valence-corrected chi connectivity index (χ0v) is 12.5. The van der Waals surface area contributed by atoms with Gasteiger partial charge in [-0.1, -0.05) is 0 Å². The fraction of sp³-hybridized carbons (Fsp3) is 0.500. The quantitative estimate of drug-likeness (QED) is 0.903. The van der Waals surface area contributed by atoms with E-state index in [4.69, 9.17) is 9.84 Å². The summed E-state index contributed by atoms with van der Waals surface area (Å²) >= 11 is 3.39. The van der Waals surface area contributed by atoms with Crippen LogP contribution in [-0.2, 0) is 0 Å².